The van der Waals surface area contributed by atoms with Crippen molar-refractivity contribution in [1.29, 1.82) is 0 Å². The van der Waals surface area contributed by atoms with Crippen LogP contribution in [-0.4, -0.2) is 16.0 Å². The van der Waals surface area contributed by atoms with Gasteiger partial charge in [0.2, 0.25) is 0 Å². The van der Waals surface area contributed by atoms with Crippen LogP contribution in [0.5, 0.6) is 0 Å². The van der Waals surface area contributed by atoms with Crippen molar-refractivity contribution in [3.8, 4) is 0 Å². The molecule has 1 heterocycles. The third kappa shape index (κ3) is 3.27. The Kier molecular flexibility index (Phi) is 4.28. The summed E-state index contributed by atoms with van der Waals surface area (Å²) in [6, 6.07) is 2.53. The van der Waals surface area contributed by atoms with Crippen LogP contribution in [0.2, 0.25) is 0 Å². The topological polar surface area (TPSA) is 37.8 Å². The van der Waals surface area contributed by atoms with Gasteiger partial charge in [0, 0.05) is 18.4 Å². The quantitative estimate of drug-likeness (QED) is 0.845. The average Bonchev–Trinajstić information content (AvgIpc) is 2.38. The lowest BCUT2D eigenvalue weighted by Crippen LogP contribution is -2.33. The van der Waals surface area contributed by atoms with Crippen molar-refractivity contribution >= 4 is 0 Å². The minimum atomic E-state index is 0.673. The van der Waals surface area contributed by atoms with E-state index >= 15 is 0 Å². The smallest absolute Gasteiger partial charge is 0.141 e. The molecule has 0 aromatic carbocycles. The molecule has 1 aliphatic carbocycles. The second-order valence-electron chi connectivity index (χ2n) is 4.67. The van der Waals surface area contributed by atoms with Gasteiger partial charge in [-0.25, -0.2) is 9.97 Å². The van der Waals surface area contributed by atoms with Gasteiger partial charge in [0.1, 0.15) is 5.82 Å². The lowest BCUT2D eigenvalue weighted by molar-refractivity contribution is 0.284. The van der Waals surface area contributed by atoms with Crippen molar-refractivity contribution in [2.45, 2.75) is 51.6 Å². The molecule has 0 unspecified atom stereocenters. The number of nitrogens with zero attached hydrogens (tertiary/aromatic N) is 2. The number of aromatic nitrogens is 2. The molecule has 3 nitrogen and oxygen atoms in total. The Balaban J connectivity index is 1.72. The summed E-state index contributed by atoms with van der Waals surface area (Å²) in [4.78, 5) is 8.44. The SMILES string of the molecule is CCC1CCC(NCc2ncccn2)CC1. The van der Waals surface area contributed by atoms with Gasteiger partial charge in [-0.2, -0.15) is 0 Å². The highest BCUT2D eigenvalue weighted by Gasteiger charge is 2.19. The maximum atomic E-state index is 4.22. The van der Waals surface area contributed by atoms with Crippen molar-refractivity contribution in [2.24, 2.45) is 5.92 Å². The van der Waals surface area contributed by atoms with Crippen LogP contribution in [0.4, 0.5) is 0 Å². The average molecular weight is 219 g/mol. The molecule has 0 atom stereocenters. The van der Waals surface area contributed by atoms with Gasteiger partial charge in [-0.3, -0.25) is 0 Å². The summed E-state index contributed by atoms with van der Waals surface area (Å²) in [6.07, 6.45) is 10.3. The molecule has 1 aromatic heterocycles. The summed E-state index contributed by atoms with van der Waals surface area (Å²) in [5.41, 5.74) is 0. The van der Waals surface area contributed by atoms with E-state index < -0.39 is 0 Å². The van der Waals surface area contributed by atoms with Crippen molar-refractivity contribution in [2.75, 3.05) is 0 Å². The van der Waals surface area contributed by atoms with E-state index in [1.54, 1.807) is 12.4 Å². The zero-order valence-corrected chi connectivity index (χ0v) is 10.0. The molecule has 0 spiro atoms. The zero-order valence-electron chi connectivity index (χ0n) is 10.0. The van der Waals surface area contributed by atoms with Crippen LogP contribution in [0, 0.1) is 5.92 Å². The highest BCUT2D eigenvalue weighted by molar-refractivity contribution is 4.89. The Morgan fingerprint density at radius 1 is 1.19 bits per heavy atom. The van der Waals surface area contributed by atoms with Crippen LogP contribution in [-0.2, 0) is 6.54 Å². The maximum Gasteiger partial charge on any atom is 0.141 e. The van der Waals surface area contributed by atoms with Gasteiger partial charge < -0.3 is 5.32 Å². The molecule has 0 aliphatic heterocycles. The van der Waals surface area contributed by atoms with Gasteiger partial charge in [-0.1, -0.05) is 13.3 Å². The number of hydrogen-bond donors (Lipinski definition) is 1. The predicted molar refractivity (Wildman–Crippen MR) is 64.9 cm³/mol. The second-order valence-corrected chi connectivity index (χ2v) is 4.67. The van der Waals surface area contributed by atoms with Gasteiger partial charge in [0.15, 0.2) is 0 Å². The number of rotatable bonds is 4. The second kappa shape index (κ2) is 5.94. The Labute approximate surface area is 97.7 Å². The molecule has 1 saturated carbocycles. The van der Waals surface area contributed by atoms with Crippen molar-refractivity contribution in [3.63, 3.8) is 0 Å². The van der Waals surface area contributed by atoms with E-state index in [4.69, 9.17) is 0 Å². The van der Waals surface area contributed by atoms with Gasteiger partial charge in [0.25, 0.3) is 0 Å². The molecule has 1 aromatic rings. The van der Waals surface area contributed by atoms with Crippen LogP contribution >= 0.6 is 0 Å². The van der Waals surface area contributed by atoms with Crippen molar-refractivity contribution in [3.05, 3.63) is 24.3 Å². The van der Waals surface area contributed by atoms with Crippen molar-refractivity contribution < 1.29 is 0 Å². The molecule has 0 saturated heterocycles. The van der Waals surface area contributed by atoms with E-state index in [1.165, 1.54) is 32.1 Å². The van der Waals surface area contributed by atoms with Crippen LogP contribution < -0.4 is 5.32 Å². The molecule has 0 amide bonds. The molecule has 1 fully saturated rings. The molecule has 1 N–H and O–H groups in total. The van der Waals surface area contributed by atoms with E-state index in [0.29, 0.717) is 6.04 Å². The molecule has 88 valence electrons. The minimum Gasteiger partial charge on any atom is -0.307 e. The first kappa shape index (κ1) is 11.5. The molecular weight excluding hydrogens is 198 g/mol. The normalized spacial score (nSPS) is 25.6. The fourth-order valence-electron chi connectivity index (χ4n) is 2.43. The summed E-state index contributed by atoms with van der Waals surface area (Å²) in [5, 5.41) is 3.56. The molecule has 1 aliphatic rings. The van der Waals surface area contributed by atoms with E-state index in [-0.39, 0.29) is 0 Å². The van der Waals surface area contributed by atoms with Gasteiger partial charge in [-0.05, 0) is 37.7 Å². The van der Waals surface area contributed by atoms with Gasteiger partial charge in [0.05, 0.1) is 6.54 Å². The van der Waals surface area contributed by atoms with Gasteiger partial charge in [-0.15, -0.1) is 0 Å². The Bertz CT molecular complexity index is 291. The summed E-state index contributed by atoms with van der Waals surface area (Å²) >= 11 is 0. The summed E-state index contributed by atoms with van der Waals surface area (Å²) in [7, 11) is 0. The monoisotopic (exact) mass is 219 g/mol. The van der Waals surface area contributed by atoms with Crippen LogP contribution in [0.25, 0.3) is 0 Å². The highest BCUT2D eigenvalue weighted by Crippen LogP contribution is 2.26. The van der Waals surface area contributed by atoms with E-state index in [1.807, 2.05) is 6.07 Å². The van der Waals surface area contributed by atoms with Crippen LogP contribution in [0.3, 0.4) is 0 Å². The number of hydrogen-bond acceptors (Lipinski definition) is 3. The third-order valence-corrected chi connectivity index (χ3v) is 3.59. The Hall–Kier alpha value is -0.960. The third-order valence-electron chi connectivity index (χ3n) is 3.59. The van der Waals surface area contributed by atoms with Crippen LogP contribution in [0.15, 0.2) is 18.5 Å². The summed E-state index contributed by atoms with van der Waals surface area (Å²) in [5.74, 6) is 1.87. The first-order valence-electron chi connectivity index (χ1n) is 6.37. The molecule has 3 heteroatoms. The molecule has 2 rings (SSSR count). The molecule has 0 radical (unpaired) electrons. The zero-order chi connectivity index (χ0) is 11.2. The Morgan fingerprint density at radius 3 is 2.50 bits per heavy atom. The number of nitrogens with one attached hydrogen (secondary N) is 1. The summed E-state index contributed by atoms with van der Waals surface area (Å²) in [6.45, 7) is 3.11. The van der Waals surface area contributed by atoms with E-state index in [9.17, 15) is 0 Å². The molecule has 16 heavy (non-hydrogen) atoms. The van der Waals surface area contributed by atoms with Gasteiger partial charge >= 0.3 is 0 Å². The molecular formula is C13H21N3. The van der Waals surface area contributed by atoms with E-state index in [2.05, 4.69) is 22.2 Å². The lowest BCUT2D eigenvalue weighted by atomic mass is 9.84. The lowest BCUT2D eigenvalue weighted by Gasteiger charge is -2.28. The minimum absolute atomic E-state index is 0.673. The van der Waals surface area contributed by atoms with E-state index in [0.717, 1.165) is 18.3 Å². The first-order valence-corrected chi connectivity index (χ1v) is 6.37. The fourth-order valence-corrected chi connectivity index (χ4v) is 2.43. The predicted octanol–water partition coefficient (Wildman–Crippen LogP) is 2.54. The molecule has 0 bridgehead atoms. The Morgan fingerprint density at radius 2 is 1.88 bits per heavy atom. The first-order chi connectivity index (χ1) is 7.88. The van der Waals surface area contributed by atoms with Crippen molar-refractivity contribution in [1.82, 2.24) is 15.3 Å². The summed E-state index contributed by atoms with van der Waals surface area (Å²) < 4.78 is 0. The maximum absolute atomic E-state index is 4.22. The standard InChI is InChI=1S/C13H21N3/c1-2-11-4-6-12(7-5-11)16-10-13-14-8-3-9-15-13/h3,8-9,11-12,16H,2,4-7,10H2,1H3. The highest BCUT2D eigenvalue weighted by atomic mass is 15.0. The largest absolute Gasteiger partial charge is 0.307 e. The van der Waals surface area contributed by atoms with Crippen LogP contribution in [0.1, 0.15) is 44.9 Å². The fraction of sp³-hybridized carbons (Fsp3) is 0.692.